The number of rotatable bonds is 1. The van der Waals surface area contributed by atoms with Gasteiger partial charge in [0, 0.05) is 6.20 Å². The molecule has 0 aliphatic rings. The summed E-state index contributed by atoms with van der Waals surface area (Å²) in [6.07, 6.45) is 2.96. The number of imidazole rings is 1. The maximum absolute atomic E-state index is 5.59. The lowest BCUT2D eigenvalue weighted by atomic mass is 10.3. The predicted molar refractivity (Wildman–Crippen MR) is 54.3 cm³/mol. The average Bonchev–Trinajstić information content (AvgIpc) is 2.73. The molecule has 0 aliphatic heterocycles. The Hall–Kier alpha value is -1.77. The number of para-hydroxylation sites is 2. The summed E-state index contributed by atoms with van der Waals surface area (Å²) in [5.74, 6) is 0.683. The van der Waals surface area contributed by atoms with Crippen molar-refractivity contribution in [2.75, 3.05) is 0 Å². The molecule has 2 aromatic heterocycles. The minimum Gasteiger partial charge on any atom is -0.423 e. The van der Waals surface area contributed by atoms with E-state index in [1.807, 2.05) is 34.9 Å². The van der Waals surface area contributed by atoms with Crippen molar-refractivity contribution < 1.29 is 4.42 Å². The molecular weight excluding hydrogens is 176 g/mol. The number of nitrogens with zero attached hydrogens (tertiary/aromatic N) is 2. The lowest BCUT2D eigenvalue weighted by Crippen LogP contribution is -1.77. The van der Waals surface area contributed by atoms with Gasteiger partial charge in [-0.25, -0.2) is 0 Å². The molecule has 3 heteroatoms. The Morgan fingerprint density at radius 1 is 1.36 bits per heavy atom. The maximum atomic E-state index is 5.59. The van der Waals surface area contributed by atoms with Crippen LogP contribution in [0.4, 0.5) is 0 Å². The lowest BCUT2D eigenvalue weighted by Gasteiger charge is -1.86. The molecule has 3 aromatic rings. The van der Waals surface area contributed by atoms with Gasteiger partial charge in [0.2, 0.25) is 0 Å². The zero-order valence-corrected chi connectivity index (χ0v) is 7.90. The normalized spacial score (nSPS) is 11.5. The number of fused-ring (bicyclic) bond motifs is 3. The fourth-order valence-electron chi connectivity index (χ4n) is 1.67. The second kappa shape index (κ2) is 2.61. The van der Waals surface area contributed by atoms with Crippen molar-refractivity contribution in [2.24, 2.45) is 0 Å². The van der Waals surface area contributed by atoms with Crippen LogP contribution in [0.5, 0.6) is 0 Å². The van der Waals surface area contributed by atoms with Crippen molar-refractivity contribution in [3.8, 4) is 0 Å². The minimum atomic E-state index is 0.683. The Morgan fingerprint density at radius 2 is 2.21 bits per heavy atom. The van der Waals surface area contributed by atoms with Crippen molar-refractivity contribution in [1.82, 2.24) is 9.38 Å². The largest absolute Gasteiger partial charge is 0.423 e. The van der Waals surface area contributed by atoms with Crippen molar-refractivity contribution in [3.05, 3.63) is 36.2 Å². The highest BCUT2D eigenvalue weighted by Crippen LogP contribution is 2.19. The highest BCUT2D eigenvalue weighted by Gasteiger charge is 2.07. The zero-order chi connectivity index (χ0) is 9.54. The molecule has 0 unspecified atom stereocenters. The fraction of sp³-hybridized carbons (Fsp3) is 0.182. The van der Waals surface area contributed by atoms with E-state index >= 15 is 0 Å². The Bertz CT molecular complexity index is 591. The standard InChI is InChI=1S/C11H10N2O/c1-2-8-7-13-9-5-3-4-6-10(9)14-11(13)12-8/h3-7H,2H2,1H3. The Morgan fingerprint density at radius 3 is 3.07 bits per heavy atom. The third-order valence-electron chi connectivity index (χ3n) is 2.41. The van der Waals surface area contributed by atoms with Gasteiger partial charge in [-0.05, 0) is 18.6 Å². The minimum absolute atomic E-state index is 0.683. The molecule has 0 fully saturated rings. The van der Waals surface area contributed by atoms with E-state index in [4.69, 9.17) is 4.42 Å². The number of benzene rings is 1. The molecule has 70 valence electrons. The van der Waals surface area contributed by atoms with Gasteiger partial charge in [0.1, 0.15) is 0 Å². The number of aromatic nitrogens is 2. The van der Waals surface area contributed by atoms with Crippen LogP contribution in [0.25, 0.3) is 16.9 Å². The topological polar surface area (TPSA) is 30.4 Å². The SMILES string of the molecule is CCc1cn2c(n1)oc1ccccc12. The van der Waals surface area contributed by atoms with Gasteiger partial charge < -0.3 is 4.42 Å². The summed E-state index contributed by atoms with van der Waals surface area (Å²) in [6, 6.07) is 7.96. The van der Waals surface area contributed by atoms with Crippen molar-refractivity contribution in [1.29, 1.82) is 0 Å². The quantitative estimate of drug-likeness (QED) is 0.584. The van der Waals surface area contributed by atoms with Crippen molar-refractivity contribution >= 4 is 16.9 Å². The van der Waals surface area contributed by atoms with Crippen molar-refractivity contribution in [3.63, 3.8) is 0 Å². The Balaban J connectivity index is 2.45. The van der Waals surface area contributed by atoms with E-state index in [0.717, 1.165) is 23.2 Å². The fourth-order valence-corrected chi connectivity index (χ4v) is 1.67. The van der Waals surface area contributed by atoms with Crippen LogP contribution in [-0.2, 0) is 6.42 Å². The molecule has 0 spiro atoms. The Kier molecular flexibility index (Phi) is 1.42. The van der Waals surface area contributed by atoms with Crippen LogP contribution in [0.1, 0.15) is 12.6 Å². The summed E-state index contributed by atoms with van der Waals surface area (Å²) in [4.78, 5) is 4.36. The van der Waals surface area contributed by atoms with Gasteiger partial charge in [-0.2, -0.15) is 4.98 Å². The van der Waals surface area contributed by atoms with E-state index in [1.165, 1.54) is 0 Å². The van der Waals surface area contributed by atoms with Crippen LogP contribution in [0.2, 0.25) is 0 Å². The van der Waals surface area contributed by atoms with Gasteiger partial charge in [0.15, 0.2) is 5.58 Å². The number of aryl methyl sites for hydroxylation is 1. The maximum Gasteiger partial charge on any atom is 0.307 e. The molecule has 0 saturated carbocycles. The lowest BCUT2D eigenvalue weighted by molar-refractivity contribution is 0.640. The van der Waals surface area contributed by atoms with Crippen LogP contribution in [0, 0.1) is 0 Å². The van der Waals surface area contributed by atoms with Gasteiger partial charge in [-0.15, -0.1) is 0 Å². The third-order valence-corrected chi connectivity index (χ3v) is 2.41. The molecule has 0 amide bonds. The van der Waals surface area contributed by atoms with E-state index in [2.05, 4.69) is 11.9 Å². The molecule has 14 heavy (non-hydrogen) atoms. The first kappa shape index (κ1) is 7.62. The zero-order valence-electron chi connectivity index (χ0n) is 7.90. The third kappa shape index (κ3) is 0.894. The van der Waals surface area contributed by atoms with E-state index in [9.17, 15) is 0 Å². The summed E-state index contributed by atoms with van der Waals surface area (Å²) in [6.45, 7) is 2.09. The second-order valence-corrected chi connectivity index (χ2v) is 3.31. The van der Waals surface area contributed by atoms with E-state index in [1.54, 1.807) is 0 Å². The first-order chi connectivity index (χ1) is 6.88. The summed E-state index contributed by atoms with van der Waals surface area (Å²) >= 11 is 0. The molecule has 2 heterocycles. The summed E-state index contributed by atoms with van der Waals surface area (Å²) in [7, 11) is 0. The van der Waals surface area contributed by atoms with Crippen LogP contribution < -0.4 is 0 Å². The van der Waals surface area contributed by atoms with E-state index in [0.29, 0.717) is 5.84 Å². The molecule has 0 aliphatic carbocycles. The molecular formula is C11H10N2O. The highest BCUT2D eigenvalue weighted by molar-refractivity contribution is 5.76. The van der Waals surface area contributed by atoms with Gasteiger partial charge in [0.25, 0.3) is 0 Å². The first-order valence-electron chi connectivity index (χ1n) is 4.74. The monoisotopic (exact) mass is 186 g/mol. The summed E-state index contributed by atoms with van der Waals surface area (Å²) in [5.41, 5.74) is 3.03. The number of hydrogen-bond donors (Lipinski definition) is 0. The molecule has 0 saturated heterocycles. The molecule has 0 N–H and O–H groups in total. The smallest absolute Gasteiger partial charge is 0.307 e. The van der Waals surface area contributed by atoms with Crippen LogP contribution in [0.3, 0.4) is 0 Å². The van der Waals surface area contributed by atoms with Crippen molar-refractivity contribution in [2.45, 2.75) is 13.3 Å². The predicted octanol–water partition coefficient (Wildman–Crippen LogP) is 2.64. The molecule has 3 nitrogen and oxygen atoms in total. The summed E-state index contributed by atoms with van der Waals surface area (Å²) < 4.78 is 7.58. The molecule has 0 bridgehead atoms. The molecule has 3 rings (SSSR count). The van der Waals surface area contributed by atoms with Crippen LogP contribution >= 0.6 is 0 Å². The first-order valence-corrected chi connectivity index (χ1v) is 4.74. The number of oxazole rings is 1. The van der Waals surface area contributed by atoms with Gasteiger partial charge >= 0.3 is 5.84 Å². The average molecular weight is 186 g/mol. The van der Waals surface area contributed by atoms with Gasteiger partial charge in [0.05, 0.1) is 11.2 Å². The van der Waals surface area contributed by atoms with Gasteiger partial charge in [-0.1, -0.05) is 19.1 Å². The molecule has 1 aromatic carbocycles. The van der Waals surface area contributed by atoms with Crippen LogP contribution in [-0.4, -0.2) is 9.38 Å². The van der Waals surface area contributed by atoms with Gasteiger partial charge in [-0.3, -0.25) is 4.40 Å². The highest BCUT2D eigenvalue weighted by atomic mass is 16.4. The van der Waals surface area contributed by atoms with Crippen LogP contribution in [0.15, 0.2) is 34.9 Å². The van der Waals surface area contributed by atoms with E-state index < -0.39 is 0 Å². The molecule has 0 radical (unpaired) electrons. The van der Waals surface area contributed by atoms with E-state index in [-0.39, 0.29) is 0 Å². The Labute approximate surface area is 81.0 Å². The molecule has 0 atom stereocenters. The summed E-state index contributed by atoms with van der Waals surface area (Å²) in [5, 5.41) is 0. The number of hydrogen-bond acceptors (Lipinski definition) is 2. The second-order valence-electron chi connectivity index (χ2n) is 3.31.